The first kappa shape index (κ1) is 20.9. The van der Waals surface area contributed by atoms with Gasteiger partial charge in [0.15, 0.2) is 0 Å². The van der Waals surface area contributed by atoms with Crippen LogP contribution in [0.15, 0.2) is 54.6 Å². The zero-order valence-corrected chi connectivity index (χ0v) is 17.0. The van der Waals surface area contributed by atoms with Crippen LogP contribution in [0.4, 0.5) is 0 Å². The van der Waals surface area contributed by atoms with Crippen LogP contribution in [0.3, 0.4) is 0 Å². The molecule has 1 saturated heterocycles. The number of nitrogens with one attached hydrogen (secondary N) is 1. The Bertz CT molecular complexity index is 802. The summed E-state index contributed by atoms with van der Waals surface area (Å²) in [5.41, 5.74) is 1.79. The second-order valence-electron chi connectivity index (χ2n) is 7.07. The van der Waals surface area contributed by atoms with Gasteiger partial charge in [-0.1, -0.05) is 42.5 Å². The largest absolute Gasteiger partial charge is 0.493 e. The summed E-state index contributed by atoms with van der Waals surface area (Å²) >= 11 is 0. The molecule has 2 aromatic carbocycles. The fourth-order valence-electron chi connectivity index (χ4n) is 3.45. The van der Waals surface area contributed by atoms with Crippen LogP contribution < -0.4 is 10.1 Å². The first-order valence-corrected chi connectivity index (χ1v) is 10.2. The highest BCUT2D eigenvalue weighted by molar-refractivity contribution is 5.98. The highest BCUT2D eigenvalue weighted by Gasteiger charge is 2.21. The van der Waals surface area contributed by atoms with E-state index < -0.39 is 0 Å². The highest BCUT2D eigenvalue weighted by atomic mass is 16.5. The van der Waals surface area contributed by atoms with Crippen molar-refractivity contribution in [3.05, 3.63) is 65.7 Å². The lowest BCUT2D eigenvalue weighted by molar-refractivity contribution is -0.131. The normalized spacial score (nSPS) is 14.4. The number of benzene rings is 2. The van der Waals surface area contributed by atoms with E-state index >= 15 is 0 Å². The van der Waals surface area contributed by atoms with E-state index in [1.165, 1.54) is 5.56 Å². The van der Waals surface area contributed by atoms with Gasteiger partial charge < -0.3 is 15.0 Å². The standard InChI is InChI=1S/C23H29N3O3/c1-2-29-21-11-7-6-10-20(21)23(28)24-18-22(27)26-16-14-25(15-17-26)13-12-19-8-4-3-5-9-19/h3-11H,2,12-18H2,1H3,(H,24,28). The Morgan fingerprint density at radius 2 is 1.66 bits per heavy atom. The number of para-hydroxylation sites is 1. The number of hydrogen-bond acceptors (Lipinski definition) is 4. The van der Waals surface area contributed by atoms with Crippen LogP contribution in [0.5, 0.6) is 5.75 Å². The summed E-state index contributed by atoms with van der Waals surface area (Å²) in [6.45, 7) is 6.47. The van der Waals surface area contributed by atoms with Crippen LogP contribution in [0.2, 0.25) is 0 Å². The molecule has 154 valence electrons. The molecule has 0 saturated carbocycles. The van der Waals surface area contributed by atoms with Crippen molar-refractivity contribution in [3.63, 3.8) is 0 Å². The Morgan fingerprint density at radius 3 is 2.38 bits per heavy atom. The van der Waals surface area contributed by atoms with Crippen LogP contribution in [0, 0.1) is 0 Å². The van der Waals surface area contributed by atoms with Crippen LogP contribution in [-0.2, 0) is 11.2 Å². The van der Waals surface area contributed by atoms with Crippen molar-refractivity contribution < 1.29 is 14.3 Å². The quantitative estimate of drug-likeness (QED) is 0.744. The van der Waals surface area contributed by atoms with Gasteiger partial charge in [-0.25, -0.2) is 0 Å². The minimum Gasteiger partial charge on any atom is -0.493 e. The van der Waals surface area contributed by atoms with Gasteiger partial charge in [-0.3, -0.25) is 14.5 Å². The van der Waals surface area contributed by atoms with Crippen molar-refractivity contribution in [3.8, 4) is 5.75 Å². The van der Waals surface area contributed by atoms with Crippen LogP contribution in [-0.4, -0.2) is 67.5 Å². The van der Waals surface area contributed by atoms with Crippen molar-refractivity contribution in [2.75, 3.05) is 45.9 Å². The summed E-state index contributed by atoms with van der Waals surface area (Å²) in [6.07, 6.45) is 1.02. The second kappa shape index (κ2) is 10.6. The molecular formula is C23H29N3O3. The summed E-state index contributed by atoms with van der Waals surface area (Å²) in [4.78, 5) is 29.1. The summed E-state index contributed by atoms with van der Waals surface area (Å²) in [6, 6.07) is 17.5. The molecule has 1 fully saturated rings. The fraction of sp³-hybridized carbons (Fsp3) is 0.391. The predicted molar refractivity (Wildman–Crippen MR) is 113 cm³/mol. The molecule has 0 spiro atoms. The third kappa shape index (κ3) is 6.06. The molecule has 0 unspecified atom stereocenters. The van der Waals surface area contributed by atoms with Gasteiger partial charge in [0.05, 0.1) is 18.7 Å². The minimum absolute atomic E-state index is 0.00328. The number of carbonyl (C=O) groups is 2. The molecule has 1 aliphatic heterocycles. The number of amides is 2. The third-order valence-electron chi connectivity index (χ3n) is 5.12. The molecule has 0 aromatic heterocycles. The number of carbonyl (C=O) groups excluding carboxylic acids is 2. The Kier molecular flexibility index (Phi) is 7.64. The average molecular weight is 396 g/mol. The third-order valence-corrected chi connectivity index (χ3v) is 5.12. The van der Waals surface area contributed by atoms with Gasteiger partial charge in [0.25, 0.3) is 5.91 Å². The van der Waals surface area contributed by atoms with E-state index in [9.17, 15) is 9.59 Å². The maximum atomic E-state index is 12.5. The van der Waals surface area contributed by atoms with Gasteiger partial charge in [-0.15, -0.1) is 0 Å². The van der Waals surface area contributed by atoms with Crippen molar-refractivity contribution >= 4 is 11.8 Å². The Labute approximate surface area is 172 Å². The topological polar surface area (TPSA) is 61.9 Å². The van der Waals surface area contributed by atoms with E-state index in [4.69, 9.17) is 4.74 Å². The SMILES string of the molecule is CCOc1ccccc1C(=O)NCC(=O)N1CCN(CCc2ccccc2)CC1. The lowest BCUT2D eigenvalue weighted by atomic mass is 10.1. The van der Waals surface area contributed by atoms with Crippen molar-refractivity contribution in [1.82, 2.24) is 15.1 Å². The number of nitrogens with zero attached hydrogens (tertiary/aromatic N) is 2. The number of ether oxygens (including phenoxy) is 1. The molecule has 2 aromatic rings. The first-order chi connectivity index (χ1) is 14.2. The van der Waals surface area contributed by atoms with E-state index in [0.717, 1.165) is 26.1 Å². The monoisotopic (exact) mass is 395 g/mol. The van der Waals surface area contributed by atoms with Crippen molar-refractivity contribution in [1.29, 1.82) is 0 Å². The molecule has 1 N–H and O–H groups in total. The van der Waals surface area contributed by atoms with E-state index in [2.05, 4.69) is 34.5 Å². The molecule has 6 nitrogen and oxygen atoms in total. The van der Waals surface area contributed by atoms with Gasteiger partial charge in [-0.2, -0.15) is 0 Å². The molecule has 0 bridgehead atoms. The molecule has 1 aliphatic rings. The summed E-state index contributed by atoms with van der Waals surface area (Å²) in [7, 11) is 0. The van der Waals surface area contributed by atoms with Crippen LogP contribution in [0.1, 0.15) is 22.8 Å². The van der Waals surface area contributed by atoms with E-state index in [1.54, 1.807) is 18.2 Å². The molecule has 1 heterocycles. The van der Waals surface area contributed by atoms with Gasteiger partial charge in [-0.05, 0) is 31.0 Å². The highest BCUT2D eigenvalue weighted by Crippen LogP contribution is 2.17. The first-order valence-electron chi connectivity index (χ1n) is 10.2. The number of rotatable bonds is 8. The maximum absolute atomic E-state index is 12.5. The van der Waals surface area contributed by atoms with Gasteiger partial charge >= 0.3 is 0 Å². The summed E-state index contributed by atoms with van der Waals surface area (Å²) < 4.78 is 5.49. The molecule has 6 heteroatoms. The van der Waals surface area contributed by atoms with Crippen molar-refractivity contribution in [2.45, 2.75) is 13.3 Å². The predicted octanol–water partition coefficient (Wildman–Crippen LogP) is 2.20. The Balaban J connectivity index is 1.41. The van der Waals surface area contributed by atoms with Crippen molar-refractivity contribution in [2.24, 2.45) is 0 Å². The number of hydrogen-bond donors (Lipinski definition) is 1. The molecule has 2 amide bonds. The van der Waals surface area contributed by atoms with Gasteiger partial charge in [0.2, 0.25) is 5.91 Å². The lowest BCUT2D eigenvalue weighted by Gasteiger charge is -2.34. The van der Waals surface area contributed by atoms with E-state index in [1.807, 2.05) is 24.0 Å². The summed E-state index contributed by atoms with van der Waals surface area (Å²) in [5, 5.41) is 2.73. The molecule has 3 rings (SSSR count). The molecule has 0 atom stereocenters. The van der Waals surface area contributed by atoms with E-state index in [-0.39, 0.29) is 18.4 Å². The van der Waals surface area contributed by atoms with E-state index in [0.29, 0.717) is 31.0 Å². The van der Waals surface area contributed by atoms with Gasteiger partial charge in [0, 0.05) is 32.7 Å². The zero-order valence-electron chi connectivity index (χ0n) is 17.0. The zero-order chi connectivity index (χ0) is 20.5. The van der Waals surface area contributed by atoms with Gasteiger partial charge in [0.1, 0.15) is 5.75 Å². The van der Waals surface area contributed by atoms with Crippen LogP contribution in [0.25, 0.3) is 0 Å². The summed E-state index contributed by atoms with van der Waals surface area (Å²) in [5.74, 6) is 0.200. The number of piperazine rings is 1. The molecular weight excluding hydrogens is 366 g/mol. The smallest absolute Gasteiger partial charge is 0.255 e. The lowest BCUT2D eigenvalue weighted by Crippen LogP contribution is -2.51. The Hall–Kier alpha value is -2.86. The average Bonchev–Trinajstić information content (AvgIpc) is 2.77. The maximum Gasteiger partial charge on any atom is 0.255 e. The fourth-order valence-corrected chi connectivity index (χ4v) is 3.45. The molecule has 29 heavy (non-hydrogen) atoms. The van der Waals surface area contributed by atoms with Crippen LogP contribution >= 0.6 is 0 Å². The second-order valence-corrected chi connectivity index (χ2v) is 7.07. The Morgan fingerprint density at radius 1 is 0.966 bits per heavy atom. The molecule has 0 aliphatic carbocycles. The molecule has 0 radical (unpaired) electrons. The minimum atomic E-state index is -0.288.